The highest BCUT2D eigenvalue weighted by atomic mass is 16.7. The summed E-state index contributed by atoms with van der Waals surface area (Å²) in [5.41, 5.74) is -3.83. The smallest absolute Gasteiger partial charge is 0.232 e. The Kier molecular flexibility index (Phi) is 7.97. The molecule has 6 N–H and O–H groups in total. The summed E-state index contributed by atoms with van der Waals surface area (Å²) >= 11 is 0. The zero-order chi connectivity index (χ0) is 27.1. The van der Waals surface area contributed by atoms with Crippen LogP contribution in [-0.4, -0.2) is 78.7 Å². The summed E-state index contributed by atoms with van der Waals surface area (Å²) in [7, 11) is 0. The van der Waals surface area contributed by atoms with Crippen molar-refractivity contribution in [1.82, 2.24) is 0 Å². The molecule has 1 aromatic carbocycles. The molecule has 1 aromatic rings. The van der Waals surface area contributed by atoms with Gasteiger partial charge in [0.25, 0.3) is 0 Å². The zero-order valence-corrected chi connectivity index (χ0v) is 22.1. The molecule has 0 spiro atoms. The molecule has 9 atom stereocenters. The summed E-state index contributed by atoms with van der Waals surface area (Å²) < 4.78 is 12.5. The number of aliphatic hydroxyl groups excluding tert-OH is 3. The monoisotopic (exact) mass is 532 g/mol. The maximum atomic E-state index is 12.3. The molecule has 0 radical (unpaired) electrons. The van der Waals surface area contributed by atoms with E-state index in [-0.39, 0.29) is 18.9 Å². The van der Waals surface area contributed by atoms with Crippen LogP contribution in [0.4, 0.5) is 0 Å². The number of aliphatic hydroxyl groups is 6. The summed E-state index contributed by atoms with van der Waals surface area (Å²) in [6.07, 6.45) is 3.25. The van der Waals surface area contributed by atoms with Crippen LogP contribution >= 0.6 is 0 Å². The molecule has 0 amide bonds. The molecule has 1 saturated heterocycles. The second-order valence-corrected chi connectivity index (χ2v) is 12.3. The van der Waals surface area contributed by atoms with Gasteiger partial charge in [0.15, 0.2) is 5.60 Å². The van der Waals surface area contributed by atoms with E-state index < -0.39 is 53.2 Å². The van der Waals surface area contributed by atoms with Crippen molar-refractivity contribution in [2.75, 3.05) is 6.61 Å². The lowest BCUT2D eigenvalue weighted by molar-refractivity contribution is -0.399. The van der Waals surface area contributed by atoms with Crippen molar-refractivity contribution in [3.05, 3.63) is 42.5 Å². The van der Waals surface area contributed by atoms with Crippen molar-refractivity contribution in [1.29, 1.82) is 0 Å². The summed E-state index contributed by atoms with van der Waals surface area (Å²) in [5, 5.41) is 68.5. The molecular formula is C30H44O8. The Morgan fingerprint density at radius 3 is 2.37 bits per heavy atom. The molecule has 5 rings (SSSR count). The Labute approximate surface area is 224 Å². The van der Waals surface area contributed by atoms with Gasteiger partial charge in [-0.15, -0.1) is 6.58 Å². The minimum absolute atomic E-state index is 0.114. The van der Waals surface area contributed by atoms with Crippen LogP contribution in [0.15, 0.2) is 36.9 Å². The van der Waals surface area contributed by atoms with E-state index in [0.29, 0.717) is 50.7 Å². The molecular weight excluding hydrogens is 488 g/mol. The molecule has 4 fully saturated rings. The van der Waals surface area contributed by atoms with Gasteiger partial charge in [0.2, 0.25) is 6.29 Å². The van der Waals surface area contributed by atoms with E-state index in [1.807, 2.05) is 12.1 Å². The van der Waals surface area contributed by atoms with Crippen molar-refractivity contribution in [3.63, 3.8) is 0 Å². The van der Waals surface area contributed by atoms with Crippen LogP contribution < -0.4 is 4.74 Å². The molecule has 2 bridgehead atoms. The molecule has 38 heavy (non-hydrogen) atoms. The van der Waals surface area contributed by atoms with Gasteiger partial charge in [0.1, 0.15) is 23.6 Å². The maximum absolute atomic E-state index is 12.3. The molecule has 4 aliphatic rings. The van der Waals surface area contributed by atoms with Gasteiger partial charge in [0, 0.05) is 6.61 Å². The first-order chi connectivity index (χ1) is 18.2. The molecule has 1 aliphatic heterocycles. The van der Waals surface area contributed by atoms with Crippen molar-refractivity contribution in [2.45, 2.75) is 112 Å². The van der Waals surface area contributed by atoms with Gasteiger partial charge >= 0.3 is 0 Å². The molecule has 8 nitrogen and oxygen atoms in total. The Morgan fingerprint density at radius 2 is 1.71 bits per heavy atom. The topological polar surface area (TPSA) is 140 Å². The third kappa shape index (κ3) is 4.72. The van der Waals surface area contributed by atoms with Gasteiger partial charge in [0.05, 0.1) is 11.7 Å². The Balaban J connectivity index is 1.52. The predicted octanol–water partition coefficient (Wildman–Crippen LogP) is 2.22. The number of allylic oxidation sites excluding steroid dienone is 1. The van der Waals surface area contributed by atoms with Gasteiger partial charge in [-0.05, 0) is 86.8 Å². The van der Waals surface area contributed by atoms with E-state index in [9.17, 15) is 30.6 Å². The number of hydrogen-bond donors (Lipinski definition) is 6. The predicted molar refractivity (Wildman–Crippen MR) is 140 cm³/mol. The van der Waals surface area contributed by atoms with Crippen LogP contribution in [0, 0.1) is 17.8 Å². The molecule has 8 heteroatoms. The van der Waals surface area contributed by atoms with E-state index in [1.165, 1.54) is 0 Å². The molecule has 0 aromatic heterocycles. The lowest BCUT2D eigenvalue weighted by atomic mass is 9.55. The second kappa shape index (κ2) is 10.8. The first-order valence-corrected chi connectivity index (χ1v) is 14.3. The van der Waals surface area contributed by atoms with E-state index in [4.69, 9.17) is 9.47 Å². The first-order valence-electron chi connectivity index (χ1n) is 14.3. The SMILES string of the molecule is C=CCc1ccc(O[C@H]2O[C@@H]3[C@H](O)[C@@H](CCO)CC[C@@H]4C[C@H](CC5(O)CCCCC5)[C@@]2(O)[C@@H](O)[C@@]43O)cc1. The van der Waals surface area contributed by atoms with Gasteiger partial charge in [-0.3, -0.25) is 0 Å². The molecule has 3 aliphatic carbocycles. The average Bonchev–Trinajstić information content (AvgIpc) is 3.00. The first kappa shape index (κ1) is 28.0. The summed E-state index contributed by atoms with van der Waals surface area (Å²) in [4.78, 5) is 0. The quantitative estimate of drug-likeness (QED) is 0.280. The third-order valence-electron chi connectivity index (χ3n) is 9.99. The van der Waals surface area contributed by atoms with Crippen molar-refractivity contribution >= 4 is 0 Å². The van der Waals surface area contributed by atoms with Crippen molar-refractivity contribution in [2.24, 2.45) is 17.8 Å². The number of fused-ring (bicyclic) bond motifs is 1. The highest BCUT2D eigenvalue weighted by Gasteiger charge is 2.73. The Hall–Kier alpha value is -1.52. The lowest BCUT2D eigenvalue weighted by Crippen LogP contribution is -2.81. The minimum Gasteiger partial charge on any atom is -0.462 e. The van der Waals surface area contributed by atoms with Crippen molar-refractivity contribution in [3.8, 4) is 5.75 Å². The molecule has 1 heterocycles. The van der Waals surface area contributed by atoms with Crippen molar-refractivity contribution < 1.29 is 40.1 Å². The molecule has 3 saturated carbocycles. The zero-order valence-electron chi connectivity index (χ0n) is 22.1. The number of ether oxygens (including phenoxy) is 2. The van der Waals surface area contributed by atoms with E-state index in [1.54, 1.807) is 18.2 Å². The third-order valence-corrected chi connectivity index (χ3v) is 9.99. The van der Waals surface area contributed by atoms with Crippen LogP contribution in [0.25, 0.3) is 0 Å². The molecule has 212 valence electrons. The Bertz CT molecular complexity index is 962. The van der Waals surface area contributed by atoms with Crippen LogP contribution in [0.1, 0.15) is 69.8 Å². The summed E-state index contributed by atoms with van der Waals surface area (Å²) in [5.74, 6) is -0.958. The summed E-state index contributed by atoms with van der Waals surface area (Å²) in [6.45, 7) is 3.65. The number of benzene rings is 1. The standard InChI is InChI=1S/C30H44O8/c1-2-6-19-7-11-23(12-8-19)37-27-30(36)22(18-28(34)14-4-3-5-15-28)17-21-10-9-20(13-16-31)24(32)25(38-27)29(21,35)26(30)33/h2,7-8,11-12,20-22,24-27,31-36H,1,3-6,9-10,13-18H2/t20-,21-,22-,24-,25-,26+,27+,29-,30-/m1/s1. The fourth-order valence-corrected chi connectivity index (χ4v) is 7.85. The van der Waals surface area contributed by atoms with Gasteiger partial charge in [-0.1, -0.05) is 37.5 Å². The number of hydrogen-bond acceptors (Lipinski definition) is 8. The van der Waals surface area contributed by atoms with Gasteiger partial charge in [-0.25, -0.2) is 0 Å². The maximum Gasteiger partial charge on any atom is 0.232 e. The fraction of sp³-hybridized carbons (Fsp3) is 0.733. The highest BCUT2D eigenvalue weighted by molar-refractivity contribution is 5.29. The highest BCUT2D eigenvalue weighted by Crippen LogP contribution is 2.58. The minimum atomic E-state index is -2.01. The number of rotatable bonds is 8. The van der Waals surface area contributed by atoms with Crippen LogP contribution in [-0.2, 0) is 11.2 Å². The average molecular weight is 533 g/mol. The van der Waals surface area contributed by atoms with E-state index in [2.05, 4.69) is 6.58 Å². The fourth-order valence-electron chi connectivity index (χ4n) is 7.85. The molecule has 0 unspecified atom stereocenters. The van der Waals surface area contributed by atoms with Crippen LogP contribution in [0.3, 0.4) is 0 Å². The lowest BCUT2D eigenvalue weighted by Gasteiger charge is -2.63. The largest absolute Gasteiger partial charge is 0.462 e. The van der Waals surface area contributed by atoms with Gasteiger partial charge in [-0.2, -0.15) is 0 Å². The van der Waals surface area contributed by atoms with Crippen LogP contribution in [0.5, 0.6) is 5.75 Å². The van der Waals surface area contributed by atoms with Gasteiger partial charge < -0.3 is 40.1 Å². The van der Waals surface area contributed by atoms with Crippen LogP contribution in [0.2, 0.25) is 0 Å². The van der Waals surface area contributed by atoms with E-state index in [0.717, 1.165) is 24.8 Å². The normalized spacial score (nSPS) is 42.2. The summed E-state index contributed by atoms with van der Waals surface area (Å²) in [6, 6.07) is 7.28. The second-order valence-electron chi connectivity index (χ2n) is 12.3. The van der Waals surface area contributed by atoms with E-state index >= 15 is 0 Å². The Morgan fingerprint density at radius 1 is 1.00 bits per heavy atom.